The highest BCUT2D eigenvalue weighted by Crippen LogP contribution is 2.42. The smallest absolute Gasteiger partial charge is 0.295 e. The third-order valence-corrected chi connectivity index (χ3v) is 5.47. The first-order chi connectivity index (χ1) is 15.4. The number of methoxy groups -OCH3 is 1. The second kappa shape index (κ2) is 8.80. The molecular formula is C24H18ClFN2O4. The minimum absolute atomic E-state index is 0.0224. The molecule has 1 unspecified atom stereocenters. The van der Waals surface area contributed by atoms with Crippen molar-refractivity contribution < 1.29 is 23.8 Å². The lowest BCUT2D eigenvalue weighted by Crippen LogP contribution is -2.29. The van der Waals surface area contributed by atoms with Crippen LogP contribution < -0.4 is 4.74 Å². The van der Waals surface area contributed by atoms with Crippen LogP contribution in [-0.2, 0) is 16.1 Å². The standard InChI is InChI=1S/C24H18ClFN2O4/c1-32-19-9-8-17(26)11-18(19)22(29)20-21(15-4-6-16(25)7-5-15)28(24(31)23(20)30)13-14-3-2-10-27-12-14/h2-12,21,29H,13H2,1H3/b22-20+. The zero-order chi connectivity index (χ0) is 22.8. The summed E-state index contributed by atoms with van der Waals surface area (Å²) in [5.74, 6) is -2.64. The Hall–Kier alpha value is -3.71. The van der Waals surface area contributed by atoms with Crippen molar-refractivity contribution in [2.45, 2.75) is 12.6 Å². The van der Waals surface area contributed by atoms with Crippen LogP contribution in [0, 0.1) is 5.82 Å². The number of pyridine rings is 1. The van der Waals surface area contributed by atoms with E-state index < -0.39 is 29.3 Å². The Morgan fingerprint density at radius 1 is 1.19 bits per heavy atom. The first-order valence-electron chi connectivity index (χ1n) is 9.67. The Bertz CT molecular complexity index is 1210. The van der Waals surface area contributed by atoms with E-state index >= 15 is 0 Å². The number of halogens is 2. The molecule has 32 heavy (non-hydrogen) atoms. The Morgan fingerprint density at radius 3 is 2.59 bits per heavy atom. The number of hydrogen-bond acceptors (Lipinski definition) is 5. The summed E-state index contributed by atoms with van der Waals surface area (Å²) < 4.78 is 19.2. The number of amides is 1. The van der Waals surface area contributed by atoms with Crippen LogP contribution in [0.3, 0.4) is 0 Å². The SMILES string of the molecule is COc1ccc(F)cc1/C(O)=C1\C(=O)C(=O)N(Cc2cccnc2)C1c1ccc(Cl)cc1. The second-order valence-corrected chi connectivity index (χ2v) is 7.62. The largest absolute Gasteiger partial charge is 0.507 e. The van der Waals surface area contributed by atoms with Crippen molar-refractivity contribution in [1.82, 2.24) is 9.88 Å². The number of carbonyl (C=O) groups is 2. The summed E-state index contributed by atoms with van der Waals surface area (Å²) >= 11 is 6.02. The Labute approximate surface area is 188 Å². The van der Waals surface area contributed by atoms with Crippen LogP contribution in [0.25, 0.3) is 5.76 Å². The number of ketones is 1. The van der Waals surface area contributed by atoms with Gasteiger partial charge >= 0.3 is 0 Å². The number of Topliss-reactive ketones (excluding diaryl/α,β-unsaturated/α-hetero) is 1. The van der Waals surface area contributed by atoms with E-state index in [0.717, 1.165) is 6.07 Å². The van der Waals surface area contributed by atoms with E-state index in [-0.39, 0.29) is 23.4 Å². The fraction of sp³-hybridized carbons (Fsp3) is 0.125. The fourth-order valence-corrected chi connectivity index (χ4v) is 3.86. The van der Waals surface area contributed by atoms with Crippen molar-refractivity contribution in [2.75, 3.05) is 7.11 Å². The molecule has 162 valence electrons. The molecule has 6 nitrogen and oxygen atoms in total. The van der Waals surface area contributed by atoms with E-state index in [1.807, 2.05) is 0 Å². The molecule has 0 spiro atoms. The van der Waals surface area contributed by atoms with Gasteiger partial charge in [-0.15, -0.1) is 0 Å². The van der Waals surface area contributed by atoms with Gasteiger partial charge in [0.15, 0.2) is 0 Å². The molecule has 1 amide bonds. The van der Waals surface area contributed by atoms with E-state index in [4.69, 9.17) is 16.3 Å². The highest BCUT2D eigenvalue weighted by molar-refractivity contribution is 6.46. The number of aliphatic hydroxyl groups is 1. The lowest BCUT2D eigenvalue weighted by Gasteiger charge is -2.25. The van der Waals surface area contributed by atoms with Gasteiger partial charge < -0.3 is 14.7 Å². The van der Waals surface area contributed by atoms with Gasteiger partial charge in [-0.1, -0.05) is 29.8 Å². The number of aromatic nitrogens is 1. The molecule has 3 aromatic rings. The lowest BCUT2D eigenvalue weighted by molar-refractivity contribution is -0.140. The van der Waals surface area contributed by atoms with Crippen molar-refractivity contribution in [2.24, 2.45) is 0 Å². The van der Waals surface area contributed by atoms with Crippen LogP contribution in [0.15, 0.2) is 72.6 Å². The summed E-state index contributed by atoms with van der Waals surface area (Å²) in [5.41, 5.74) is 1.09. The number of aliphatic hydroxyl groups excluding tert-OH is 1. The molecule has 1 fully saturated rings. The quantitative estimate of drug-likeness (QED) is 0.350. The molecule has 0 aliphatic carbocycles. The first kappa shape index (κ1) is 21.5. The van der Waals surface area contributed by atoms with Crippen LogP contribution >= 0.6 is 11.6 Å². The van der Waals surface area contributed by atoms with Gasteiger partial charge in [-0.25, -0.2) is 4.39 Å². The molecule has 8 heteroatoms. The molecule has 4 rings (SSSR count). The summed E-state index contributed by atoms with van der Waals surface area (Å²) in [7, 11) is 1.36. The molecule has 2 aromatic carbocycles. The molecule has 1 N–H and O–H groups in total. The van der Waals surface area contributed by atoms with Crippen LogP contribution in [0.4, 0.5) is 4.39 Å². The van der Waals surface area contributed by atoms with Crippen molar-refractivity contribution in [3.63, 3.8) is 0 Å². The van der Waals surface area contributed by atoms with E-state index in [0.29, 0.717) is 16.1 Å². The van der Waals surface area contributed by atoms with E-state index in [2.05, 4.69) is 4.98 Å². The third kappa shape index (κ3) is 3.94. The molecule has 0 bridgehead atoms. The number of rotatable bonds is 5. The number of carbonyl (C=O) groups excluding carboxylic acids is 2. The number of likely N-dealkylation sites (tertiary alicyclic amines) is 1. The maximum absolute atomic E-state index is 14.0. The van der Waals surface area contributed by atoms with Gasteiger partial charge in [0.1, 0.15) is 17.3 Å². The van der Waals surface area contributed by atoms with Crippen molar-refractivity contribution in [1.29, 1.82) is 0 Å². The monoisotopic (exact) mass is 452 g/mol. The topological polar surface area (TPSA) is 79.7 Å². The van der Waals surface area contributed by atoms with E-state index in [9.17, 15) is 19.1 Å². The van der Waals surface area contributed by atoms with Gasteiger partial charge in [-0.2, -0.15) is 0 Å². The summed E-state index contributed by atoms with van der Waals surface area (Å²) in [6, 6.07) is 12.8. The zero-order valence-electron chi connectivity index (χ0n) is 17.0. The van der Waals surface area contributed by atoms with Gasteiger partial charge in [-0.3, -0.25) is 14.6 Å². The summed E-state index contributed by atoms with van der Waals surface area (Å²) in [5, 5.41) is 11.6. The molecule has 0 radical (unpaired) electrons. The third-order valence-electron chi connectivity index (χ3n) is 5.22. The zero-order valence-corrected chi connectivity index (χ0v) is 17.7. The van der Waals surface area contributed by atoms with Gasteiger partial charge in [0.25, 0.3) is 11.7 Å². The second-order valence-electron chi connectivity index (χ2n) is 7.18. The van der Waals surface area contributed by atoms with Crippen LogP contribution in [-0.4, -0.2) is 33.8 Å². The lowest BCUT2D eigenvalue weighted by atomic mass is 9.95. The molecule has 1 aromatic heterocycles. The maximum atomic E-state index is 14.0. The van der Waals surface area contributed by atoms with Crippen molar-refractivity contribution >= 4 is 29.1 Å². The minimum Gasteiger partial charge on any atom is -0.507 e. The molecule has 0 saturated carbocycles. The normalized spacial score (nSPS) is 17.6. The summed E-state index contributed by atoms with van der Waals surface area (Å²) in [4.78, 5) is 31.5. The molecular weight excluding hydrogens is 435 g/mol. The van der Waals surface area contributed by atoms with Crippen molar-refractivity contribution in [3.05, 3.63) is 100 Å². The molecule has 1 aliphatic rings. The van der Waals surface area contributed by atoms with Gasteiger partial charge in [0.05, 0.1) is 24.3 Å². The average Bonchev–Trinajstić information content (AvgIpc) is 3.04. The average molecular weight is 453 g/mol. The number of benzene rings is 2. The molecule has 1 saturated heterocycles. The van der Waals surface area contributed by atoms with Crippen LogP contribution in [0.2, 0.25) is 5.02 Å². The Balaban J connectivity index is 1.91. The predicted molar refractivity (Wildman–Crippen MR) is 116 cm³/mol. The van der Waals surface area contributed by atoms with Crippen molar-refractivity contribution in [3.8, 4) is 5.75 Å². The number of ether oxygens (including phenoxy) is 1. The minimum atomic E-state index is -0.916. The van der Waals surface area contributed by atoms with E-state index in [1.54, 1.807) is 48.8 Å². The predicted octanol–water partition coefficient (Wildman–Crippen LogP) is 4.50. The summed E-state index contributed by atoms with van der Waals surface area (Å²) in [6.07, 6.45) is 3.19. The first-order valence-corrected chi connectivity index (χ1v) is 10.0. The maximum Gasteiger partial charge on any atom is 0.295 e. The van der Waals surface area contributed by atoms with Gasteiger partial charge in [0, 0.05) is 24.0 Å². The molecule has 1 atom stereocenters. The van der Waals surface area contributed by atoms with Crippen LogP contribution in [0.5, 0.6) is 5.75 Å². The van der Waals surface area contributed by atoms with E-state index in [1.165, 1.54) is 24.1 Å². The summed E-state index contributed by atoms with van der Waals surface area (Å²) in [6.45, 7) is 0.0861. The van der Waals surface area contributed by atoms with Gasteiger partial charge in [0.2, 0.25) is 0 Å². The highest BCUT2D eigenvalue weighted by atomic mass is 35.5. The van der Waals surface area contributed by atoms with Gasteiger partial charge in [-0.05, 0) is 47.5 Å². The van der Waals surface area contributed by atoms with Crippen LogP contribution in [0.1, 0.15) is 22.7 Å². The number of hydrogen-bond donors (Lipinski definition) is 1. The molecule has 2 heterocycles. The Morgan fingerprint density at radius 2 is 1.94 bits per heavy atom. The Kier molecular flexibility index (Phi) is 5.92. The molecule has 1 aliphatic heterocycles. The fourth-order valence-electron chi connectivity index (χ4n) is 3.73. The number of nitrogens with zero attached hydrogens (tertiary/aromatic N) is 2. The highest BCUT2D eigenvalue weighted by Gasteiger charge is 2.46.